The van der Waals surface area contributed by atoms with Crippen LogP contribution in [0.3, 0.4) is 0 Å². The number of thioether (sulfide) groups is 2. The van der Waals surface area contributed by atoms with Crippen LogP contribution in [0.2, 0.25) is 0 Å². The second kappa shape index (κ2) is 10.4. The minimum Gasteiger partial charge on any atom is -0.480 e. The van der Waals surface area contributed by atoms with Crippen molar-refractivity contribution in [2.45, 2.75) is 10.5 Å². The first-order chi connectivity index (χ1) is 14.5. The second-order valence-electron chi connectivity index (χ2n) is 6.56. The quantitative estimate of drug-likeness (QED) is 0.770. The largest absolute Gasteiger partial charge is 0.480 e. The number of carboxylic acid groups (broad SMARTS) is 1. The average Bonchev–Trinajstić information content (AvgIpc) is 3.45. The Labute approximate surface area is 182 Å². The van der Waals surface area contributed by atoms with Crippen molar-refractivity contribution in [2.24, 2.45) is 9.98 Å². The zero-order chi connectivity index (χ0) is 21.5. The summed E-state index contributed by atoms with van der Waals surface area (Å²) < 4.78 is 0. The number of hydrogen-bond donors (Lipinski definition) is 1. The fraction of sp³-hybridized carbons (Fsp3) is 0.300. The Morgan fingerprint density at radius 3 is 1.83 bits per heavy atom. The number of aliphatic imine (C=N–C) groups is 2. The van der Waals surface area contributed by atoms with Crippen LogP contribution < -0.4 is 0 Å². The molecule has 1 N–H and O–H groups in total. The van der Waals surface area contributed by atoms with Gasteiger partial charge in [-0.05, 0) is 24.3 Å². The van der Waals surface area contributed by atoms with Gasteiger partial charge in [-0.15, -0.1) is 0 Å². The van der Waals surface area contributed by atoms with Crippen LogP contribution in [-0.2, 0) is 9.59 Å². The first kappa shape index (κ1) is 22.0. The number of rotatable bonds is 4. The minimum absolute atomic E-state index is 0.0785. The Morgan fingerprint density at radius 1 is 0.933 bits per heavy atom. The molecule has 0 aromatic carbocycles. The Morgan fingerprint density at radius 2 is 1.43 bits per heavy atom. The lowest BCUT2D eigenvalue weighted by Gasteiger charge is -2.14. The standard InChI is InChI=1S/C11H13N3OS.C9H8N2O2S/c1-14(2)11(15)9-7-13-10(16-9)8-4-3-5-12-6-8;12-9(13)7-5-11-8(14-7)6-2-1-3-10-4-6/h3-6,9H,7H2,1-2H3;1-4,7H,5H2,(H,12,13). The van der Waals surface area contributed by atoms with Crippen molar-refractivity contribution < 1.29 is 14.7 Å². The maximum absolute atomic E-state index is 11.7. The van der Waals surface area contributed by atoms with Crippen molar-refractivity contribution >= 4 is 45.5 Å². The van der Waals surface area contributed by atoms with Crippen molar-refractivity contribution in [1.82, 2.24) is 14.9 Å². The van der Waals surface area contributed by atoms with E-state index in [1.54, 1.807) is 43.8 Å². The van der Waals surface area contributed by atoms with E-state index < -0.39 is 11.2 Å². The van der Waals surface area contributed by atoms with Gasteiger partial charge in [0, 0.05) is 50.0 Å². The SMILES string of the molecule is CN(C)C(=O)C1CN=C(c2cccnc2)S1.O=C(O)C1CN=C(c2cccnc2)S1. The highest BCUT2D eigenvalue weighted by Crippen LogP contribution is 2.26. The third-order valence-electron chi connectivity index (χ3n) is 4.12. The molecule has 2 aliphatic rings. The molecule has 0 fully saturated rings. The molecule has 2 aliphatic heterocycles. The molecule has 0 aliphatic carbocycles. The highest BCUT2D eigenvalue weighted by Gasteiger charge is 2.28. The summed E-state index contributed by atoms with van der Waals surface area (Å²) in [6.45, 7) is 0.913. The molecule has 4 heterocycles. The van der Waals surface area contributed by atoms with Crippen molar-refractivity contribution in [3.05, 3.63) is 60.2 Å². The molecule has 10 heteroatoms. The van der Waals surface area contributed by atoms with Crippen molar-refractivity contribution in [3.8, 4) is 0 Å². The molecule has 4 rings (SSSR count). The molecule has 2 atom stereocenters. The first-order valence-corrected chi connectivity index (χ1v) is 10.9. The molecular formula is C20H21N5O3S2. The van der Waals surface area contributed by atoms with Crippen LogP contribution in [0, 0.1) is 0 Å². The van der Waals surface area contributed by atoms with Crippen molar-refractivity contribution in [3.63, 3.8) is 0 Å². The molecule has 0 saturated carbocycles. The minimum atomic E-state index is -0.808. The summed E-state index contributed by atoms with van der Waals surface area (Å²) >= 11 is 2.80. The summed E-state index contributed by atoms with van der Waals surface area (Å²) in [5.41, 5.74) is 1.88. The number of carbonyl (C=O) groups is 2. The molecule has 30 heavy (non-hydrogen) atoms. The van der Waals surface area contributed by atoms with Crippen LogP contribution in [0.5, 0.6) is 0 Å². The average molecular weight is 444 g/mol. The van der Waals surface area contributed by atoms with Crippen LogP contribution in [0.25, 0.3) is 0 Å². The van der Waals surface area contributed by atoms with Gasteiger partial charge in [0.1, 0.15) is 20.6 Å². The summed E-state index contributed by atoms with van der Waals surface area (Å²) in [6, 6.07) is 7.52. The van der Waals surface area contributed by atoms with E-state index in [2.05, 4.69) is 20.0 Å². The van der Waals surface area contributed by atoms with E-state index in [1.165, 1.54) is 23.5 Å². The van der Waals surface area contributed by atoms with Crippen molar-refractivity contribution in [1.29, 1.82) is 0 Å². The van der Waals surface area contributed by atoms with Gasteiger partial charge in [0.15, 0.2) is 0 Å². The molecule has 0 saturated heterocycles. The van der Waals surface area contributed by atoms with E-state index in [0.717, 1.165) is 21.2 Å². The highest BCUT2D eigenvalue weighted by molar-refractivity contribution is 8.16. The number of hydrogen-bond acceptors (Lipinski definition) is 8. The zero-order valence-electron chi connectivity index (χ0n) is 16.5. The maximum Gasteiger partial charge on any atom is 0.318 e. The number of carbonyl (C=O) groups excluding carboxylic acids is 1. The molecule has 2 aromatic heterocycles. The van der Waals surface area contributed by atoms with Gasteiger partial charge in [-0.2, -0.15) is 0 Å². The summed E-state index contributed by atoms with van der Waals surface area (Å²) in [5.74, 6) is -0.690. The summed E-state index contributed by atoms with van der Waals surface area (Å²) in [7, 11) is 3.54. The van der Waals surface area contributed by atoms with Gasteiger partial charge in [-0.25, -0.2) is 0 Å². The Balaban J connectivity index is 0.000000172. The number of aromatic nitrogens is 2. The van der Waals surface area contributed by atoms with Crippen LogP contribution in [0.1, 0.15) is 11.1 Å². The van der Waals surface area contributed by atoms with Gasteiger partial charge >= 0.3 is 5.97 Å². The number of aliphatic carboxylic acids is 1. The summed E-state index contributed by atoms with van der Waals surface area (Å²) in [5, 5.41) is 9.93. The smallest absolute Gasteiger partial charge is 0.318 e. The fourth-order valence-corrected chi connectivity index (χ4v) is 4.65. The van der Waals surface area contributed by atoms with E-state index >= 15 is 0 Å². The molecular weight excluding hydrogens is 422 g/mol. The lowest BCUT2D eigenvalue weighted by Crippen LogP contribution is -2.32. The number of carboxylic acids is 1. The lowest BCUT2D eigenvalue weighted by atomic mass is 10.3. The fourth-order valence-electron chi connectivity index (χ4n) is 2.59. The van der Waals surface area contributed by atoms with Crippen LogP contribution in [-0.4, -0.2) is 79.6 Å². The molecule has 8 nitrogen and oxygen atoms in total. The zero-order valence-corrected chi connectivity index (χ0v) is 18.1. The number of pyridine rings is 2. The van der Waals surface area contributed by atoms with Gasteiger partial charge in [0.05, 0.1) is 13.1 Å². The van der Waals surface area contributed by atoms with Gasteiger partial charge in [0.2, 0.25) is 5.91 Å². The first-order valence-electron chi connectivity index (χ1n) is 9.12. The van der Waals surface area contributed by atoms with E-state index in [0.29, 0.717) is 13.1 Å². The molecule has 0 radical (unpaired) electrons. The highest BCUT2D eigenvalue weighted by atomic mass is 32.2. The Hall–Kier alpha value is -2.72. The van der Waals surface area contributed by atoms with Gasteiger partial charge in [-0.1, -0.05) is 23.5 Å². The summed E-state index contributed by atoms with van der Waals surface area (Å²) in [6.07, 6.45) is 6.87. The van der Waals surface area contributed by atoms with E-state index in [9.17, 15) is 9.59 Å². The predicted molar refractivity (Wildman–Crippen MR) is 120 cm³/mol. The topological polar surface area (TPSA) is 108 Å². The van der Waals surface area contributed by atoms with Crippen LogP contribution in [0.4, 0.5) is 0 Å². The third-order valence-corrected chi connectivity index (χ3v) is 6.56. The van der Waals surface area contributed by atoms with Crippen LogP contribution >= 0.6 is 23.5 Å². The molecule has 2 aromatic rings. The Kier molecular flexibility index (Phi) is 7.58. The number of nitrogens with zero attached hydrogens (tertiary/aromatic N) is 5. The van der Waals surface area contributed by atoms with Crippen LogP contribution in [0.15, 0.2) is 59.0 Å². The van der Waals surface area contributed by atoms with Gasteiger partial charge in [-0.3, -0.25) is 29.5 Å². The Bertz CT molecular complexity index is 951. The van der Waals surface area contributed by atoms with E-state index in [1.807, 2.05) is 24.3 Å². The normalized spacial score (nSPS) is 19.9. The number of amides is 1. The maximum atomic E-state index is 11.7. The van der Waals surface area contributed by atoms with E-state index in [4.69, 9.17) is 5.11 Å². The second-order valence-corrected chi connectivity index (χ2v) is 8.94. The molecule has 2 unspecified atom stereocenters. The lowest BCUT2D eigenvalue weighted by molar-refractivity contribution is -0.136. The van der Waals surface area contributed by atoms with E-state index in [-0.39, 0.29) is 11.2 Å². The third kappa shape index (κ3) is 5.67. The summed E-state index contributed by atoms with van der Waals surface area (Å²) in [4.78, 5) is 40.6. The molecule has 0 bridgehead atoms. The monoisotopic (exact) mass is 443 g/mol. The van der Waals surface area contributed by atoms with Gasteiger partial charge < -0.3 is 10.0 Å². The molecule has 1 amide bonds. The molecule has 156 valence electrons. The van der Waals surface area contributed by atoms with Crippen molar-refractivity contribution in [2.75, 3.05) is 27.2 Å². The molecule has 0 spiro atoms. The predicted octanol–water partition coefficient (Wildman–Crippen LogP) is 2.06. The van der Waals surface area contributed by atoms with Gasteiger partial charge in [0.25, 0.3) is 0 Å².